The number of rotatable bonds is 4. The Morgan fingerprint density at radius 1 is 1.24 bits per heavy atom. The maximum Gasteiger partial charge on any atom is 0.176 e. The number of ether oxygens (including phenoxy) is 1. The number of piperidine rings is 1. The van der Waals surface area contributed by atoms with Crippen LogP contribution in [0, 0.1) is 11.8 Å². The topological polar surface area (TPSA) is 29.5 Å². The monoisotopic (exact) mass is 287 g/mol. The number of Topliss-reactive ketones (excluding diaryl/α,β-unsaturated/α-hetero) is 1. The van der Waals surface area contributed by atoms with E-state index in [1.165, 1.54) is 32.1 Å². The van der Waals surface area contributed by atoms with Crippen molar-refractivity contribution in [2.45, 2.75) is 32.1 Å². The summed E-state index contributed by atoms with van der Waals surface area (Å²) in [5, 5.41) is 0. The normalized spacial score (nSPS) is 26.1. The lowest BCUT2D eigenvalue weighted by Crippen LogP contribution is -2.43. The zero-order valence-electron chi connectivity index (χ0n) is 12.9. The second kappa shape index (κ2) is 6.61. The van der Waals surface area contributed by atoms with Crippen molar-refractivity contribution in [3.63, 3.8) is 0 Å². The Morgan fingerprint density at radius 3 is 2.86 bits per heavy atom. The maximum absolute atomic E-state index is 12.4. The zero-order chi connectivity index (χ0) is 14.7. The molecule has 1 aromatic rings. The SMILES string of the molecule is COc1cccc(C(=O)CN2CCC3CCCCC3C2)c1. The first-order chi connectivity index (χ1) is 10.3. The summed E-state index contributed by atoms with van der Waals surface area (Å²) in [6.45, 7) is 2.74. The van der Waals surface area contributed by atoms with Crippen molar-refractivity contribution in [1.82, 2.24) is 4.90 Å². The number of hydrogen-bond donors (Lipinski definition) is 0. The lowest BCUT2D eigenvalue weighted by Gasteiger charge is -2.41. The molecule has 2 atom stereocenters. The summed E-state index contributed by atoms with van der Waals surface area (Å²) >= 11 is 0. The van der Waals surface area contributed by atoms with E-state index in [0.717, 1.165) is 36.2 Å². The Balaban J connectivity index is 1.59. The van der Waals surface area contributed by atoms with Gasteiger partial charge in [0.2, 0.25) is 0 Å². The van der Waals surface area contributed by atoms with Crippen LogP contribution in [-0.2, 0) is 0 Å². The van der Waals surface area contributed by atoms with Gasteiger partial charge in [-0.15, -0.1) is 0 Å². The number of nitrogens with zero attached hydrogens (tertiary/aromatic N) is 1. The standard InChI is InChI=1S/C18H25NO2/c1-21-17-8-4-7-15(11-17)18(20)13-19-10-9-14-5-2-3-6-16(14)12-19/h4,7-8,11,14,16H,2-3,5-6,9-10,12-13H2,1H3. The average molecular weight is 287 g/mol. The lowest BCUT2D eigenvalue weighted by atomic mass is 9.75. The molecule has 1 aromatic carbocycles. The minimum Gasteiger partial charge on any atom is -0.497 e. The van der Waals surface area contributed by atoms with E-state index in [9.17, 15) is 4.79 Å². The van der Waals surface area contributed by atoms with Gasteiger partial charge < -0.3 is 4.74 Å². The Labute approximate surface area is 127 Å². The molecule has 114 valence electrons. The Morgan fingerprint density at radius 2 is 2.05 bits per heavy atom. The largest absolute Gasteiger partial charge is 0.497 e. The first-order valence-corrected chi connectivity index (χ1v) is 8.16. The highest BCUT2D eigenvalue weighted by molar-refractivity contribution is 5.97. The van der Waals surface area contributed by atoms with Crippen LogP contribution in [0.4, 0.5) is 0 Å². The fourth-order valence-electron chi connectivity index (χ4n) is 3.91. The Kier molecular flexibility index (Phi) is 4.59. The summed E-state index contributed by atoms with van der Waals surface area (Å²) in [7, 11) is 1.64. The quantitative estimate of drug-likeness (QED) is 0.795. The van der Waals surface area contributed by atoms with Crippen LogP contribution in [0.1, 0.15) is 42.5 Å². The summed E-state index contributed by atoms with van der Waals surface area (Å²) in [6.07, 6.45) is 6.82. The van der Waals surface area contributed by atoms with Crippen molar-refractivity contribution >= 4 is 5.78 Å². The summed E-state index contributed by atoms with van der Waals surface area (Å²) in [4.78, 5) is 14.8. The molecule has 0 bridgehead atoms. The van der Waals surface area contributed by atoms with Gasteiger partial charge in [0.15, 0.2) is 5.78 Å². The van der Waals surface area contributed by atoms with E-state index in [4.69, 9.17) is 4.74 Å². The number of carbonyl (C=O) groups is 1. The van der Waals surface area contributed by atoms with Crippen LogP contribution < -0.4 is 4.74 Å². The van der Waals surface area contributed by atoms with Crippen LogP contribution in [0.5, 0.6) is 5.75 Å². The van der Waals surface area contributed by atoms with Crippen molar-refractivity contribution in [2.75, 3.05) is 26.7 Å². The van der Waals surface area contributed by atoms with Crippen molar-refractivity contribution in [3.8, 4) is 5.75 Å². The average Bonchev–Trinajstić information content (AvgIpc) is 2.54. The van der Waals surface area contributed by atoms with E-state index in [0.29, 0.717) is 6.54 Å². The third kappa shape index (κ3) is 3.46. The number of carbonyl (C=O) groups excluding carboxylic acids is 1. The molecule has 0 aromatic heterocycles. The highest BCUT2D eigenvalue weighted by Crippen LogP contribution is 2.36. The predicted octanol–water partition coefficient (Wildman–Crippen LogP) is 3.39. The van der Waals surface area contributed by atoms with E-state index in [-0.39, 0.29) is 5.78 Å². The molecule has 3 heteroatoms. The highest BCUT2D eigenvalue weighted by atomic mass is 16.5. The van der Waals surface area contributed by atoms with Gasteiger partial charge in [0.1, 0.15) is 5.75 Å². The molecule has 1 saturated heterocycles. The van der Waals surface area contributed by atoms with Crippen LogP contribution in [0.2, 0.25) is 0 Å². The van der Waals surface area contributed by atoms with Gasteiger partial charge in [-0.25, -0.2) is 0 Å². The third-order valence-corrected chi connectivity index (χ3v) is 5.13. The van der Waals surface area contributed by atoms with Gasteiger partial charge >= 0.3 is 0 Å². The molecule has 3 rings (SSSR count). The molecule has 1 saturated carbocycles. The number of likely N-dealkylation sites (tertiary alicyclic amines) is 1. The van der Waals surface area contributed by atoms with Gasteiger partial charge in [0, 0.05) is 12.1 Å². The molecule has 1 heterocycles. The molecule has 0 N–H and O–H groups in total. The number of hydrogen-bond acceptors (Lipinski definition) is 3. The first-order valence-electron chi connectivity index (χ1n) is 8.16. The smallest absolute Gasteiger partial charge is 0.176 e. The van der Waals surface area contributed by atoms with Crippen LogP contribution >= 0.6 is 0 Å². The minimum absolute atomic E-state index is 0.211. The summed E-state index contributed by atoms with van der Waals surface area (Å²) in [6, 6.07) is 7.50. The molecular formula is C18H25NO2. The maximum atomic E-state index is 12.4. The summed E-state index contributed by atoms with van der Waals surface area (Å²) < 4.78 is 5.20. The molecule has 1 aliphatic carbocycles. The fourth-order valence-corrected chi connectivity index (χ4v) is 3.91. The second-order valence-corrected chi connectivity index (χ2v) is 6.48. The Hall–Kier alpha value is -1.35. The van der Waals surface area contributed by atoms with Gasteiger partial charge in [-0.1, -0.05) is 31.4 Å². The van der Waals surface area contributed by atoms with Crippen LogP contribution in [0.15, 0.2) is 24.3 Å². The summed E-state index contributed by atoms with van der Waals surface area (Å²) in [5.41, 5.74) is 0.764. The van der Waals surface area contributed by atoms with Gasteiger partial charge in [-0.3, -0.25) is 9.69 Å². The first kappa shape index (κ1) is 14.6. The van der Waals surface area contributed by atoms with E-state index in [1.807, 2.05) is 24.3 Å². The van der Waals surface area contributed by atoms with E-state index in [1.54, 1.807) is 7.11 Å². The van der Waals surface area contributed by atoms with Crippen LogP contribution in [-0.4, -0.2) is 37.4 Å². The van der Waals surface area contributed by atoms with Gasteiger partial charge in [0.25, 0.3) is 0 Å². The van der Waals surface area contributed by atoms with E-state index < -0.39 is 0 Å². The molecular weight excluding hydrogens is 262 g/mol. The molecule has 2 fully saturated rings. The molecule has 0 amide bonds. The highest BCUT2D eigenvalue weighted by Gasteiger charge is 2.31. The summed E-state index contributed by atoms with van der Waals surface area (Å²) in [5.74, 6) is 2.71. The molecule has 2 aliphatic rings. The number of methoxy groups -OCH3 is 1. The molecule has 0 spiro atoms. The van der Waals surface area contributed by atoms with Gasteiger partial charge in [-0.2, -0.15) is 0 Å². The van der Waals surface area contributed by atoms with Crippen molar-refractivity contribution in [1.29, 1.82) is 0 Å². The predicted molar refractivity (Wildman–Crippen MR) is 83.8 cm³/mol. The fraction of sp³-hybridized carbons (Fsp3) is 0.611. The van der Waals surface area contributed by atoms with Gasteiger partial charge in [0.05, 0.1) is 13.7 Å². The minimum atomic E-state index is 0.211. The number of fused-ring (bicyclic) bond motifs is 1. The Bertz CT molecular complexity index is 500. The van der Waals surface area contributed by atoms with E-state index >= 15 is 0 Å². The molecule has 0 radical (unpaired) electrons. The second-order valence-electron chi connectivity index (χ2n) is 6.48. The molecule has 2 unspecified atom stereocenters. The van der Waals surface area contributed by atoms with E-state index in [2.05, 4.69) is 4.90 Å². The third-order valence-electron chi connectivity index (χ3n) is 5.13. The zero-order valence-corrected chi connectivity index (χ0v) is 12.9. The number of benzene rings is 1. The number of ketones is 1. The van der Waals surface area contributed by atoms with Crippen LogP contribution in [0.25, 0.3) is 0 Å². The van der Waals surface area contributed by atoms with Crippen molar-refractivity contribution < 1.29 is 9.53 Å². The molecule has 1 aliphatic heterocycles. The van der Waals surface area contributed by atoms with Crippen molar-refractivity contribution in [2.24, 2.45) is 11.8 Å². The lowest BCUT2D eigenvalue weighted by molar-refractivity contribution is 0.0713. The molecule has 21 heavy (non-hydrogen) atoms. The molecule has 3 nitrogen and oxygen atoms in total. The van der Waals surface area contributed by atoms with Crippen molar-refractivity contribution in [3.05, 3.63) is 29.8 Å². The van der Waals surface area contributed by atoms with Gasteiger partial charge in [-0.05, 0) is 43.4 Å². The van der Waals surface area contributed by atoms with Crippen LogP contribution in [0.3, 0.4) is 0 Å².